The van der Waals surface area contributed by atoms with Gasteiger partial charge in [0.2, 0.25) is 0 Å². The van der Waals surface area contributed by atoms with Crippen molar-refractivity contribution < 1.29 is 12.6 Å². The summed E-state index contributed by atoms with van der Waals surface area (Å²) in [5.74, 6) is 0.103. The van der Waals surface area contributed by atoms with Gasteiger partial charge in [0.25, 0.3) is 0 Å². The molecule has 0 unspecified atom stereocenters. The van der Waals surface area contributed by atoms with Gasteiger partial charge in [-0.3, -0.25) is 3.59 Å². The fourth-order valence-corrected chi connectivity index (χ4v) is 2.35. The van der Waals surface area contributed by atoms with E-state index in [4.69, 9.17) is 0 Å². The molecule has 0 amide bonds. The van der Waals surface area contributed by atoms with Crippen LogP contribution in [0.25, 0.3) is 0 Å². The van der Waals surface area contributed by atoms with E-state index in [1.54, 1.807) is 0 Å². The van der Waals surface area contributed by atoms with Crippen molar-refractivity contribution in [3.05, 3.63) is 15.3 Å². The van der Waals surface area contributed by atoms with Crippen LogP contribution < -0.4 is 9.32 Å². The molecule has 1 aromatic heterocycles. The lowest BCUT2D eigenvalue weighted by atomic mass is 10.6. The Hall–Kier alpha value is 0.430. The van der Waals surface area contributed by atoms with Crippen LogP contribution in [0, 0.1) is 0 Å². The highest BCUT2D eigenvalue weighted by molar-refractivity contribution is 9.13. The average molecular weight is 399 g/mol. The Kier molecular flexibility index (Phi) is 3.44. The van der Waals surface area contributed by atoms with Crippen LogP contribution in [-0.4, -0.2) is 12.0 Å². The van der Waals surface area contributed by atoms with Gasteiger partial charge in [-0.05, 0) is 31.9 Å². The van der Waals surface area contributed by atoms with Crippen molar-refractivity contribution in [3.63, 3.8) is 0 Å². The molecular formula is C4H3Br3N2O3S. The monoisotopic (exact) mass is 396 g/mol. The summed E-state index contributed by atoms with van der Waals surface area (Å²) in [6, 6.07) is 0. The topological polar surface area (TPSA) is 74.3 Å². The predicted octanol–water partition coefficient (Wildman–Crippen LogP) is 1.75. The molecule has 5 nitrogen and oxygen atoms in total. The number of rotatable bonds is 2. The zero-order valence-corrected chi connectivity index (χ0v) is 11.4. The van der Waals surface area contributed by atoms with Crippen LogP contribution in [0.3, 0.4) is 0 Å². The van der Waals surface area contributed by atoms with Gasteiger partial charge in [0.15, 0.2) is 5.75 Å². The van der Waals surface area contributed by atoms with Gasteiger partial charge < -0.3 is 4.18 Å². The molecule has 0 aliphatic rings. The van der Waals surface area contributed by atoms with Gasteiger partial charge in [0, 0.05) is 0 Å². The van der Waals surface area contributed by atoms with E-state index < -0.39 is 10.3 Å². The molecular weight excluding hydrogens is 396 g/mol. The lowest BCUT2D eigenvalue weighted by Gasteiger charge is -1.98. The predicted molar refractivity (Wildman–Crippen MR) is 57.9 cm³/mol. The molecule has 0 aliphatic heterocycles. The van der Waals surface area contributed by atoms with Gasteiger partial charge in [-0.25, -0.2) is 0 Å². The van der Waals surface area contributed by atoms with Crippen molar-refractivity contribution in [2.24, 2.45) is 5.14 Å². The van der Waals surface area contributed by atoms with E-state index in [0.717, 1.165) is 0 Å². The maximum absolute atomic E-state index is 10.6. The second kappa shape index (κ2) is 3.89. The summed E-state index contributed by atoms with van der Waals surface area (Å²) in [6.07, 6.45) is 1.40. The third-order valence-electron chi connectivity index (χ3n) is 1.02. The molecule has 1 heterocycles. The molecule has 0 spiro atoms. The number of hydrogen-bond donors (Lipinski definition) is 1. The summed E-state index contributed by atoms with van der Waals surface area (Å²) in [5, 5.41) is 4.69. The number of aromatic nitrogens is 1. The quantitative estimate of drug-likeness (QED) is 0.824. The standard InChI is InChI=1S/C4H3Br3N2O3S/c5-3-2(12-13(8,10)11)1-9(7)4(3)6/h1H,(H2,8,10,11). The van der Waals surface area contributed by atoms with Crippen molar-refractivity contribution in [2.75, 3.05) is 0 Å². The Bertz CT molecular complexity index is 426. The number of hydrogen-bond acceptors (Lipinski definition) is 3. The lowest BCUT2D eigenvalue weighted by molar-refractivity contribution is 0.486. The van der Waals surface area contributed by atoms with E-state index in [-0.39, 0.29) is 5.75 Å². The van der Waals surface area contributed by atoms with Gasteiger partial charge in [0.05, 0.1) is 26.8 Å². The van der Waals surface area contributed by atoms with E-state index in [9.17, 15) is 8.42 Å². The van der Waals surface area contributed by atoms with E-state index in [1.165, 1.54) is 9.79 Å². The fraction of sp³-hybridized carbons (Fsp3) is 0. The SMILES string of the molecule is NS(=O)(=O)Oc1cn(Br)c(Br)c1Br. The lowest BCUT2D eigenvalue weighted by Crippen LogP contribution is -2.18. The highest BCUT2D eigenvalue weighted by Crippen LogP contribution is 2.36. The van der Waals surface area contributed by atoms with E-state index in [2.05, 4.69) is 57.3 Å². The van der Waals surface area contributed by atoms with Crippen molar-refractivity contribution in [2.45, 2.75) is 0 Å². The van der Waals surface area contributed by atoms with E-state index >= 15 is 0 Å². The first kappa shape index (κ1) is 11.5. The summed E-state index contributed by atoms with van der Waals surface area (Å²) in [7, 11) is -3.99. The van der Waals surface area contributed by atoms with Gasteiger partial charge in [-0.2, -0.15) is 13.6 Å². The zero-order chi connectivity index (χ0) is 10.2. The van der Waals surface area contributed by atoms with Crippen molar-refractivity contribution in [1.82, 2.24) is 3.59 Å². The van der Waals surface area contributed by atoms with Crippen LogP contribution in [0.1, 0.15) is 0 Å². The molecule has 0 atom stereocenters. The molecule has 0 saturated carbocycles. The zero-order valence-electron chi connectivity index (χ0n) is 5.87. The van der Waals surface area contributed by atoms with Crippen LogP contribution in [0.2, 0.25) is 0 Å². The molecule has 74 valence electrons. The molecule has 0 bridgehead atoms. The summed E-state index contributed by atoms with van der Waals surface area (Å²) < 4.78 is 28.1. The molecule has 0 aliphatic carbocycles. The van der Waals surface area contributed by atoms with Crippen LogP contribution in [-0.2, 0) is 10.3 Å². The van der Waals surface area contributed by atoms with Gasteiger partial charge in [-0.15, -0.1) is 0 Å². The summed E-state index contributed by atoms with van der Waals surface area (Å²) in [4.78, 5) is 0. The average Bonchev–Trinajstić information content (AvgIpc) is 2.15. The molecule has 9 heteroatoms. The van der Waals surface area contributed by atoms with Gasteiger partial charge >= 0.3 is 10.3 Å². The van der Waals surface area contributed by atoms with E-state index in [0.29, 0.717) is 9.08 Å². The smallest absolute Gasteiger partial charge is 0.368 e. The Balaban J connectivity index is 3.11. The molecule has 13 heavy (non-hydrogen) atoms. The van der Waals surface area contributed by atoms with Gasteiger partial charge in [-0.1, -0.05) is 0 Å². The van der Waals surface area contributed by atoms with Crippen molar-refractivity contribution in [3.8, 4) is 5.75 Å². The number of nitrogens with zero attached hydrogens (tertiary/aromatic N) is 1. The maximum Gasteiger partial charge on any atom is 0.380 e. The van der Waals surface area contributed by atoms with Crippen LogP contribution in [0.15, 0.2) is 15.3 Å². The minimum atomic E-state index is -3.99. The maximum atomic E-state index is 10.6. The normalized spacial score (nSPS) is 11.7. The van der Waals surface area contributed by atoms with Crippen molar-refractivity contribution >= 4 is 58.3 Å². The highest BCUT2D eigenvalue weighted by atomic mass is 79.9. The second-order valence-electron chi connectivity index (χ2n) is 1.99. The van der Waals surface area contributed by atoms with Crippen LogP contribution >= 0.6 is 48.0 Å². The Morgan fingerprint density at radius 1 is 1.46 bits per heavy atom. The molecule has 1 rings (SSSR count). The van der Waals surface area contributed by atoms with Crippen LogP contribution in [0.5, 0.6) is 5.75 Å². The largest absolute Gasteiger partial charge is 0.380 e. The Morgan fingerprint density at radius 3 is 2.31 bits per heavy atom. The van der Waals surface area contributed by atoms with Crippen molar-refractivity contribution in [1.29, 1.82) is 0 Å². The first-order chi connectivity index (χ1) is 5.81. The number of nitrogens with two attached hydrogens (primary N) is 1. The molecule has 0 radical (unpaired) electrons. The summed E-state index contributed by atoms with van der Waals surface area (Å²) in [5.41, 5.74) is 0. The number of halogens is 3. The minimum Gasteiger partial charge on any atom is -0.368 e. The van der Waals surface area contributed by atoms with Gasteiger partial charge in [0.1, 0.15) is 4.60 Å². The summed E-state index contributed by atoms with van der Waals surface area (Å²) in [6.45, 7) is 0. The molecule has 2 N–H and O–H groups in total. The fourth-order valence-electron chi connectivity index (χ4n) is 0.595. The minimum absolute atomic E-state index is 0.103. The van der Waals surface area contributed by atoms with E-state index in [1.807, 2.05) is 0 Å². The molecule has 0 aromatic carbocycles. The summed E-state index contributed by atoms with van der Waals surface area (Å²) >= 11 is 9.37. The van der Waals surface area contributed by atoms with Crippen LogP contribution in [0.4, 0.5) is 0 Å². The first-order valence-corrected chi connectivity index (χ1v) is 6.52. The molecule has 1 aromatic rings. The Labute approximate surface area is 100 Å². The third-order valence-corrected chi connectivity index (χ3v) is 4.55. The first-order valence-electron chi connectivity index (χ1n) is 2.76. The third kappa shape index (κ3) is 2.94. The highest BCUT2D eigenvalue weighted by Gasteiger charge is 2.15. The molecule has 0 fully saturated rings. The Morgan fingerprint density at radius 2 is 2.00 bits per heavy atom. The second-order valence-corrected chi connectivity index (χ2v) is 5.45. The molecule has 0 saturated heterocycles.